The average Bonchev–Trinajstić information content (AvgIpc) is 3.07. The van der Waals surface area contributed by atoms with Crippen LogP contribution < -0.4 is 5.32 Å². The largest absolute Gasteiger partial charge is 0.508 e. The minimum atomic E-state index is -1.07. The highest BCUT2D eigenvalue weighted by Crippen LogP contribution is 2.43. The number of aromatic nitrogens is 2. The van der Waals surface area contributed by atoms with Crippen LogP contribution in [-0.2, 0) is 11.2 Å². The molecule has 0 amide bonds. The maximum absolute atomic E-state index is 13.3. The number of nitrogens with zero attached hydrogens (tertiary/aromatic N) is 2. The molecule has 4 rings (SSSR count). The number of aliphatic carboxylic acids is 1. The summed E-state index contributed by atoms with van der Waals surface area (Å²) in [5, 5.41) is 23.3. The van der Waals surface area contributed by atoms with E-state index >= 15 is 0 Å². The number of aromatic hydroxyl groups is 1. The summed E-state index contributed by atoms with van der Waals surface area (Å²) < 4.78 is 14.0. The molecule has 9 heteroatoms. The number of halogens is 2. The van der Waals surface area contributed by atoms with Crippen LogP contribution in [-0.4, -0.2) is 32.2 Å². The number of rotatable bonds is 6. The minimum absolute atomic E-state index is 0.0358. The number of anilines is 1. The molecule has 4 aromatic rings. The normalized spacial score (nSPS) is 12.1. The van der Waals surface area contributed by atoms with Crippen LogP contribution in [0.5, 0.6) is 5.75 Å². The van der Waals surface area contributed by atoms with Gasteiger partial charge in [-0.25, -0.2) is 19.2 Å². The molecule has 0 radical (unpaired) electrons. The van der Waals surface area contributed by atoms with E-state index in [9.17, 15) is 19.4 Å². The van der Waals surface area contributed by atoms with E-state index in [-0.39, 0.29) is 18.0 Å². The predicted octanol–water partition coefficient (Wildman–Crippen LogP) is 5.07. The molecule has 0 saturated heterocycles. The highest BCUT2D eigenvalue weighted by atomic mass is 79.9. The van der Waals surface area contributed by atoms with Gasteiger partial charge in [-0.15, -0.1) is 11.3 Å². The second-order valence-electron chi connectivity index (χ2n) is 6.52. The first-order valence-electron chi connectivity index (χ1n) is 8.89. The maximum Gasteiger partial charge on any atom is 0.326 e. The standard InChI is InChI=1S/C21H15BrFN3O3S/c22-17-16-19(26-14(21(28)29)9-12-3-1-2-4-15(12)27)24-10-25-20(16)30-18(17)11-5-7-13(23)8-6-11/h1-8,10,14,27H,9H2,(H,28,29)(H,24,25,26). The highest BCUT2D eigenvalue weighted by Gasteiger charge is 2.23. The van der Waals surface area contributed by atoms with Gasteiger partial charge in [0.15, 0.2) is 0 Å². The minimum Gasteiger partial charge on any atom is -0.508 e. The quantitative estimate of drug-likeness (QED) is 0.351. The van der Waals surface area contributed by atoms with Crippen molar-refractivity contribution in [2.45, 2.75) is 12.5 Å². The Kier molecular flexibility index (Phi) is 5.65. The Labute approximate surface area is 183 Å². The number of fused-ring (bicyclic) bond motifs is 1. The second kappa shape index (κ2) is 8.37. The Hall–Kier alpha value is -3.04. The van der Waals surface area contributed by atoms with E-state index < -0.39 is 12.0 Å². The number of phenolic OH excluding ortho intramolecular Hbond substituents is 1. The molecule has 0 aliphatic heterocycles. The third-order valence-electron chi connectivity index (χ3n) is 4.56. The van der Waals surface area contributed by atoms with Crippen molar-refractivity contribution in [3.8, 4) is 16.2 Å². The van der Waals surface area contributed by atoms with Crippen molar-refractivity contribution in [1.29, 1.82) is 0 Å². The molecule has 1 unspecified atom stereocenters. The number of thiophene rings is 1. The van der Waals surface area contributed by atoms with Gasteiger partial charge in [0.2, 0.25) is 0 Å². The third-order valence-corrected chi connectivity index (χ3v) is 6.76. The predicted molar refractivity (Wildman–Crippen MR) is 117 cm³/mol. The molecule has 2 aromatic carbocycles. The van der Waals surface area contributed by atoms with Gasteiger partial charge in [0.05, 0.1) is 10.3 Å². The number of carboxylic acid groups (broad SMARTS) is 1. The van der Waals surface area contributed by atoms with E-state index in [2.05, 4.69) is 31.2 Å². The van der Waals surface area contributed by atoms with Gasteiger partial charge in [-0.2, -0.15) is 0 Å². The number of carbonyl (C=O) groups is 1. The molecule has 2 heterocycles. The molecule has 152 valence electrons. The van der Waals surface area contributed by atoms with Gasteiger partial charge < -0.3 is 15.5 Å². The lowest BCUT2D eigenvalue weighted by atomic mass is 10.0. The summed E-state index contributed by atoms with van der Waals surface area (Å²) in [5.74, 6) is -1.00. The summed E-state index contributed by atoms with van der Waals surface area (Å²) in [4.78, 5) is 21.9. The van der Waals surface area contributed by atoms with Crippen molar-refractivity contribution in [3.05, 3.63) is 70.7 Å². The van der Waals surface area contributed by atoms with E-state index in [1.165, 1.54) is 35.9 Å². The van der Waals surface area contributed by atoms with Gasteiger partial charge in [-0.1, -0.05) is 30.3 Å². The van der Waals surface area contributed by atoms with Crippen molar-refractivity contribution in [3.63, 3.8) is 0 Å². The molecule has 0 bridgehead atoms. The first kappa shape index (κ1) is 20.2. The molecular formula is C21H15BrFN3O3S. The first-order chi connectivity index (χ1) is 14.4. The van der Waals surface area contributed by atoms with E-state index in [1.54, 1.807) is 30.3 Å². The molecule has 0 spiro atoms. The summed E-state index contributed by atoms with van der Waals surface area (Å²) in [6.45, 7) is 0. The van der Waals surface area contributed by atoms with Crippen LogP contribution in [0.3, 0.4) is 0 Å². The Morgan fingerprint density at radius 3 is 2.60 bits per heavy atom. The Morgan fingerprint density at radius 2 is 1.90 bits per heavy atom. The number of carboxylic acids is 1. The summed E-state index contributed by atoms with van der Waals surface area (Å²) in [5.41, 5.74) is 1.32. The zero-order chi connectivity index (χ0) is 21.3. The molecule has 3 N–H and O–H groups in total. The SMILES string of the molecule is O=C(O)C(Cc1ccccc1O)Nc1ncnc2sc(-c3ccc(F)cc3)c(Br)c12. The fourth-order valence-corrected chi connectivity index (χ4v) is 5.08. The number of hydrogen-bond donors (Lipinski definition) is 3. The second-order valence-corrected chi connectivity index (χ2v) is 8.31. The van der Waals surface area contributed by atoms with Crippen molar-refractivity contribution < 1.29 is 19.4 Å². The summed E-state index contributed by atoms with van der Waals surface area (Å²) in [6, 6.07) is 11.7. The van der Waals surface area contributed by atoms with E-state index in [0.29, 0.717) is 26.1 Å². The first-order valence-corrected chi connectivity index (χ1v) is 10.5. The number of benzene rings is 2. The van der Waals surface area contributed by atoms with Crippen molar-refractivity contribution in [1.82, 2.24) is 9.97 Å². The van der Waals surface area contributed by atoms with Crippen LogP contribution in [0.25, 0.3) is 20.7 Å². The molecular weight excluding hydrogens is 473 g/mol. The zero-order valence-electron chi connectivity index (χ0n) is 15.3. The van der Waals surface area contributed by atoms with Crippen LogP contribution in [0.15, 0.2) is 59.3 Å². The van der Waals surface area contributed by atoms with E-state index in [0.717, 1.165) is 10.4 Å². The summed E-state index contributed by atoms with van der Waals surface area (Å²) in [6.07, 6.45) is 1.43. The van der Waals surface area contributed by atoms with Gasteiger partial charge in [0, 0.05) is 10.9 Å². The summed E-state index contributed by atoms with van der Waals surface area (Å²) >= 11 is 4.96. The van der Waals surface area contributed by atoms with Gasteiger partial charge in [0.1, 0.15) is 34.6 Å². The molecule has 1 atom stereocenters. The Bertz CT molecular complexity index is 1230. The zero-order valence-corrected chi connectivity index (χ0v) is 17.7. The Morgan fingerprint density at radius 1 is 1.17 bits per heavy atom. The Balaban J connectivity index is 1.72. The smallest absolute Gasteiger partial charge is 0.326 e. The molecule has 0 fully saturated rings. The molecule has 0 saturated carbocycles. The van der Waals surface area contributed by atoms with Crippen LogP contribution in [0.4, 0.5) is 10.2 Å². The van der Waals surface area contributed by atoms with Crippen molar-refractivity contribution in [2.75, 3.05) is 5.32 Å². The van der Waals surface area contributed by atoms with E-state index in [4.69, 9.17) is 0 Å². The molecule has 2 aromatic heterocycles. The third kappa shape index (κ3) is 3.99. The fourth-order valence-electron chi connectivity index (χ4n) is 3.06. The number of nitrogens with one attached hydrogen (secondary N) is 1. The average molecular weight is 488 g/mol. The van der Waals surface area contributed by atoms with Gasteiger partial charge in [-0.05, 0) is 45.3 Å². The molecule has 0 aliphatic rings. The van der Waals surface area contributed by atoms with Crippen LogP contribution in [0.1, 0.15) is 5.56 Å². The summed E-state index contributed by atoms with van der Waals surface area (Å²) in [7, 11) is 0. The number of para-hydroxylation sites is 1. The number of hydrogen-bond acceptors (Lipinski definition) is 6. The van der Waals surface area contributed by atoms with Crippen LogP contribution in [0, 0.1) is 5.82 Å². The molecule has 6 nitrogen and oxygen atoms in total. The lowest BCUT2D eigenvalue weighted by Gasteiger charge is -2.16. The molecule has 30 heavy (non-hydrogen) atoms. The monoisotopic (exact) mass is 487 g/mol. The maximum atomic E-state index is 13.3. The fraction of sp³-hybridized carbons (Fsp3) is 0.0952. The lowest BCUT2D eigenvalue weighted by Crippen LogP contribution is -2.32. The van der Waals surface area contributed by atoms with Gasteiger partial charge in [-0.3, -0.25) is 0 Å². The van der Waals surface area contributed by atoms with Crippen molar-refractivity contribution in [2.24, 2.45) is 0 Å². The van der Waals surface area contributed by atoms with Crippen molar-refractivity contribution >= 4 is 49.3 Å². The van der Waals surface area contributed by atoms with Gasteiger partial charge >= 0.3 is 5.97 Å². The van der Waals surface area contributed by atoms with Crippen LogP contribution in [0.2, 0.25) is 0 Å². The van der Waals surface area contributed by atoms with Gasteiger partial charge in [0.25, 0.3) is 0 Å². The topological polar surface area (TPSA) is 95.3 Å². The lowest BCUT2D eigenvalue weighted by molar-refractivity contribution is -0.137. The van der Waals surface area contributed by atoms with E-state index in [1.807, 2.05) is 0 Å². The van der Waals surface area contributed by atoms with Crippen LogP contribution >= 0.6 is 27.3 Å². The highest BCUT2D eigenvalue weighted by molar-refractivity contribution is 9.10. The molecule has 0 aliphatic carbocycles. The number of phenols is 1.